The summed E-state index contributed by atoms with van der Waals surface area (Å²) in [6.45, 7) is 0. The maximum absolute atomic E-state index is 12.0. The first-order chi connectivity index (χ1) is 11.7. The van der Waals surface area contributed by atoms with Crippen molar-refractivity contribution in [2.45, 2.75) is 0 Å². The number of carbonyl (C=O) groups excluding carboxylic acids is 1. The number of urea groups is 1. The molecule has 0 radical (unpaired) electrons. The van der Waals surface area contributed by atoms with Crippen molar-refractivity contribution in [3.63, 3.8) is 0 Å². The fourth-order valence-electron chi connectivity index (χ4n) is 2.09. The van der Waals surface area contributed by atoms with Crippen molar-refractivity contribution in [2.24, 2.45) is 0 Å². The second-order valence-corrected chi connectivity index (χ2v) is 5.14. The van der Waals surface area contributed by atoms with Crippen LogP contribution < -0.4 is 21.1 Å². The number of benzene rings is 3. The Kier molecular flexibility index (Phi) is 4.62. The Morgan fingerprint density at radius 1 is 0.708 bits per heavy atom. The highest BCUT2D eigenvalue weighted by atomic mass is 16.5. The monoisotopic (exact) mass is 319 g/mol. The molecule has 3 aromatic carbocycles. The maximum atomic E-state index is 12.0. The van der Waals surface area contributed by atoms with Crippen molar-refractivity contribution >= 4 is 23.1 Å². The summed E-state index contributed by atoms with van der Waals surface area (Å²) in [5, 5.41) is 5.49. The van der Waals surface area contributed by atoms with E-state index < -0.39 is 0 Å². The Balaban J connectivity index is 1.57. The summed E-state index contributed by atoms with van der Waals surface area (Å²) < 4.78 is 5.70. The van der Waals surface area contributed by atoms with Crippen LogP contribution in [0.15, 0.2) is 78.9 Å². The average Bonchev–Trinajstić information content (AvgIpc) is 2.60. The van der Waals surface area contributed by atoms with Gasteiger partial charge in [-0.25, -0.2) is 4.79 Å². The zero-order valence-corrected chi connectivity index (χ0v) is 12.9. The zero-order chi connectivity index (χ0) is 16.8. The van der Waals surface area contributed by atoms with Gasteiger partial charge in [0.25, 0.3) is 0 Å². The lowest BCUT2D eigenvalue weighted by Gasteiger charge is -2.09. The Morgan fingerprint density at radius 2 is 1.21 bits per heavy atom. The number of rotatable bonds is 4. The van der Waals surface area contributed by atoms with Crippen LogP contribution in [0.4, 0.5) is 21.9 Å². The van der Waals surface area contributed by atoms with Gasteiger partial charge in [0.2, 0.25) is 0 Å². The minimum absolute atomic E-state index is 0.323. The molecule has 0 aliphatic heterocycles. The molecule has 3 aromatic rings. The predicted octanol–water partition coefficient (Wildman–Crippen LogP) is 4.71. The number of hydrogen-bond donors (Lipinski definition) is 3. The Bertz CT molecular complexity index is 800. The number of amides is 2. The number of anilines is 3. The quantitative estimate of drug-likeness (QED) is 0.610. The lowest BCUT2D eigenvalue weighted by atomic mass is 10.3. The third-order valence-corrected chi connectivity index (χ3v) is 3.26. The molecule has 0 aromatic heterocycles. The summed E-state index contributed by atoms with van der Waals surface area (Å²) in [6, 6.07) is 23.3. The van der Waals surface area contributed by atoms with Crippen molar-refractivity contribution in [1.29, 1.82) is 0 Å². The molecule has 4 N–H and O–H groups in total. The van der Waals surface area contributed by atoms with Crippen LogP contribution in [0, 0.1) is 0 Å². The summed E-state index contributed by atoms with van der Waals surface area (Å²) in [5.74, 6) is 1.46. The normalized spacial score (nSPS) is 10.0. The fraction of sp³-hybridized carbons (Fsp3) is 0. The Hall–Kier alpha value is -3.47. The van der Waals surface area contributed by atoms with Gasteiger partial charge in [-0.05, 0) is 60.7 Å². The number of para-hydroxylation sites is 1. The van der Waals surface area contributed by atoms with Gasteiger partial charge < -0.3 is 21.1 Å². The summed E-state index contributed by atoms with van der Waals surface area (Å²) >= 11 is 0. The van der Waals surface area contributed by atoms with Crippen molar-refractivity contribution in [1.82, 2.24) is 0 Å². The summed E-state index contributed by atoms with van der Waals surface area (Å²) in [6.07, 6.45) is 0. The number of carbonyl (C=O) groups is 1. The van der Waals surface area contributed by atoms with Gasteiger partial charge >= 0.3 is 6.03 Å². The molecule has 120 valence electrons. The van der Waals surface area contributed by atoms with Crippen molar-refractivity contribution in [3.8, 4) is 11.5 Å². The average molecular weight is 319 g/mol. The van der Waals surface area contributed by atoms with Gasteiger partial charge in [0.15, 0.2) is 0 Å². The summed E-state index contributed by atoms with van der Waals surface area (Å²) in [7, 11) is 0. The minimum Gasteiger partial charge on any atom is -0.457 e. The molecule has 0 aliphatic rings. The van der Waals surface area contributed by atoms with Gasteiger partial charge in [0.05, 0.1) is 0 Å². The molecule has 0 saturated carbocycles. The van der Waals surface area contributed by atoms with E-state index in [0.717, 1.165) is 5.75 Å². The number of nitrogens with two attached hydrogens (primary N) is 1. The van der Waals surface area contributed by atoms with E-state index >= 15 is 0 Å². The van der Waals surface area contributed by atoms with Crippen LogP contribution in [-0.4, -0.2) is 6.03 Å². The largest absolute Gasteiger partial charge is 0.457 e. The highest BCUT2D eigenvalue weighted by molar-refractivity contribution is 5.99. The Labute approximate surface area is 140 Å². The van der Waals surface area contributed by atoms with Gasteiger partial charge in [-0.1, -0.05) is 18.2 Å². The van der Waals surface area contributed by atoms with Crippen molar-refractivity contribution in [2.75, 3.05) is 16.4 Å². The van der Waals surface area contributed by atoms with E-state index in [9.17, 15) is 4.79 Å². The van der Waals surface area contributed by atoms with E-state index in [1.807, 2.05) is 30.3 Å². The SMILES string of the molecule is Nc1ccc(NC(=O)Nc2ccc(Oc3ccccc3)cc2)cc1. The van der Waals surface area contributed by atoms with Crippen LogP contribution in [-0.2, 0) is 0 Å². The van der Waals surface area contributed by atoms with E-state index in [0.29, 0.717) is 22.8 Å². The van der Waals surface area contributed by atoms with E-state index in [1.54, 1.807) is 48.5 Å². The smallest absolute Gasteiger partial charge is 0.323 e. The second-order valence-electron chi connectivity index (χ2n) is 5.14. The van der Waals surface area contributed by atoms with E-state index in [2.05, 4.69) is 10.6 Å². The molecule has 0 spiro atoms. The summed E-state index contributed by atoms with van der Waals surface area (Å²) in [5.41, 5.74) is 7.60. The van der Waals surface area contributed by atoms with Crippen LogP contribution in [0.3, 0.4) is 0 Å². The fourth-order valence-corrected chi connectivity index (χ4v) is 2.09. The van der Waals surface area contributed by atoms with Crippen LogP contribution in [0.25, 0.3) is 0 Å². The van der Waals surface area contributed by atoms with Gasteiger partial charge in [0.1, 0.15) is 11.5 Å². The standard InChI is InChI=1S/C19H17N3O2/c20-14-6-8-15(9-7-14)21-19(23)22-16-10-12-18(13-11-16)24-17-4-2-1-3-5-17/h1-13H,20H2,(H2,21,22,23). The topological polar surface area (TPSA) is 76.4 Å². The first kappa shape index (κ1) is 15.4. The molecule has 5 heteroatoms. The zero-order valence-electron chi connectivity index (χ0n) is 12.9. The lowest BCUT2D eigenvalue weighted by molar-refractivity contribution is 0.262. The van der Waals surface area contributed by atoms with E-state index in [1.165, 1.54) is 0 Å². The molecule has 24 heavy (non-hydrogen) atoms. The number of nitrogens with one attached hydrogen (secondary N) is 2. The number of ether oxygens (including phenoxy) is 1. The van der Waals surface area contributed by atoms with Crippen molar-refractivity contribution in [3.05, 3.63) is 78.9 Å². The highest BCUT2D eigenvalue weighted by Crippen LogP contribution is 2.22. The highest BCUT2D eigenvalue weighted by Gasteiger charge is 2.03. The number of hydrogen-bond acceptors (Lipinski definition) is 3. The molecule has 0 heterocycles. The number of nitrogen functional groups attached to an aromatic ring is 1. The molecule has 0 fully saturated rings. The first-order valence-electron chi connectivity index (χ1n) is 7.45. The molecule has 0 unspecified atom stereocenters. The molecule has 0 aliphatic carbocycles. The third-order valence-electron chi connectivity index (χ3n) is 3.26. The van der Waals surface area contributed by atoms with Crippen LogP contribution in [0.2, 0.25) is 0 Å². The summed E-state index contributed by atoms with van der Waals surface area (Å²) in [4.78, 5) is 12.0. The first-order valence-corrected chi connectivity index (χ1v) is 7.45. The van der Waals surface area contributed by atoms with Gasteiger partial charge in [-0.15, -0.1) is 0 Å². The van der Waals surface area contributed by atoms with Crippen molar-refractivity contribution < 1.29 is 9.53 Å². The molecule has 0 atom stereocenters. The van der Waals surface area contributed by atoms with Gasteiger partial charge in [-0.3, -0.25) is 0 Å². The molecule has 2 amide bonds. The van der Waals surface area contributed by atoms with Crippen LogP contribution in [0.1, 0.15) is 0 Å². The molecule has 0 bridgehead atoms. The Morgan fingerprint density at radius 3 is 1.79 bits per heavy atom. The molecule has 3 rings (SSSR count). The lowest BCUT2D eigenvalue weighted by Crippen LogP contribution is -2.19. The minimum atomic E-state index is -0.323. The van der Waals surface area contributed by atoms with Gasteiger partial charge in [0, 0.05) is 17.1 Å². The van der Waals surface area contributed by atoms with E-state index in [4.69, 9.17) is 10.5 Å². The predicted molar refractivity (Wildman–Crippen MR) is 96.5 cm³/mol. The third kappa shape index (κ3) is 4.27. The van der Waals surface area contributed by atoms with Crippen LogP contribution >= 0.6 is 0 Å². The molecular weight excluding hydrogens is 302 g/mol. The van der Waals surface area contributed by atoms with Gasteiger partial charge in [-0.2, -0.15) is 0 Å². The second kappa shape index (κ2) is 7.19. The molecular formula is C19H17N3O2. The maximum Gasteiger partial charge on any atom is 0.323 e. The van der Waals surface area contributed by atoms with Crippen LogP contribution in [0.5, 0.6) is 11.5 Å². The molecule has 0 saturated heterocycles. The molecule has 5 nitrogen and oxygen atoms in total. The van der Waals surface area contributed by atoms with E-state index in [-0.39, 0.29) is 6.03 Å².